The van der Waals surface area contributed by atoms with Crippen LogP contribution in [0.25, 0.3) is 10.8 Å². The molecule has 1 aromatic heterocycles. The number of benzene rings is 2. The monoisotopic (exact) mass is 367 g/mol. The minimum absolute atomic E-state index is 0.0176. The van der Waals surface area contributed by atoms with Gasteiger partial charge in [-0.05, 0) is 22.4 Å². The van der Waals surface area contributed by atoms with Crippen molar-refractivity contribution in [3.05, 3.63) is 76.0 Å². The molecule has 0 aliphatic heterocycles. The number of nitrogens with one attached hydrogen (secondary N) is 1. The van der Waals surface area contributed by atoms with Crippen LogP contribution in [0.2, 0.25) is 0 Å². The molecule has 0 radical (unpaired) electrons. The Bertz CT molecular complexity index is 1010. The summed E-state index contributed by atoms with van der Waals surface area (Å²) < 4.78 is 4.54. The minimum atomic E-state index is -0.892. The van der Waals surface area contributed by atoms with Gasteiger partial charge in [0.05, 0.1) is 23.7 Å². The molecule has 3 rings (SSSR count). The number of carbonyl (C=O) groups is 1. The first-order valence-corrected chi connectivity index (χ1v) is 8.13. The van der Waals surface area contributed by atoms with Crippen molar-refractivity contribution in [1.82, 2.24) is 4.98 Å². The second-order valence-corrected chi connectivity index (χ2v) is 5.84. The van der Waals surface area contributed by atoms with Crippen molar-refractivity contribution in [2.24, 2.45) is 0 Å². The highest BCUT2D eigenvalue weighted by Crippen LogP contribution is 2.25. The van der Waals surface area contributed by atoms with E-state index < -0.39 is 17.0 Å². The number of nitro groups is 1. The third kappa shape index (κ3) is 4.01. The highest BCUT2D eigenvalue weighted by molar-refractivity contribution is 5.90. The van der Waals surface area contributed by atoms with E-state index in [0.29, 0.717) is 5.56 Å². The van der Waals surface area contributed by atoms with Gasteiger partial charge in [0, 0.05) is 18.8 Å². The first kappa shape index (κ1) is 18.3. The summed E-state index contributed by atoms with van der Waals surface area (Å²) >= 11 is 0. The number of ether oxygens (including phenoxy) is 1. The lowest BCUT2D eigenvalue weighted by Crippen LogP contribution is -2.14. The summed E-state index contributed by atoms with van der Waals surface area (Å²) in [5, 5.41) is 26.5. The molecule has 0 aliphatic rings. The van der Waals surface area contributed by atoms with Crippen molar-refractivity contribution < 1.29 is 19.6 Å². The lowest BCUT2D eigenvalue weighted by Gasteiger charge is -2.14. The number of hydrogen-bond acceptors (Lipinski definition) is 7. The zero-order valence-corrected chi connectivity index (χ0v) is 14.5. The number of rotatable bonds is 6. The van der Waals surface area contributed by atoms with Crippen LogP contribution in [0.5, 0.6) is 0 Å². The Morgan fingerprint density at radius 1 is 1.26 bits per heavy atom. The summed E-state index contributed by atoms with van der Waals surface area (Å²) in [5.41, 5.74) is 0.281. The molecule has 0 saturated heterocycles. The molecule has 1 atom stereocenters. The van der Waals surface area contributed by atoms with E-state index in [2.05, 4.69) is 15.0 Å². The fraction of sp³-hybridized carbons (Fsp3) is 0.158. The SMILES string of the molecule is COC(=O)c1cnc(NCC(O)c2ccc3ccccc3c2)c([N+](=O)[O-])c1. The number of fused-ring (bicyclic) bond motifs is 1. The van der Waals surface area contributed by atoms with E-state index in [1.807, 2.05) is 36.4 Å². The average molecular weight is 367 g/mol. The number of nitrogens with zero attached hydrogens (tertiary/aromatic N) is 2. The van der Waals surface area contributed by atoms with Gasteiger partial charge in [0.1, 0.15) is 0 Å². The molecule has 138 valence electrons. The Labute approximate surface area is 154 Å². The van der Waals surface area contributed by atoms with Crippen LogP contribution in [0.1, 0.15) is 22.0 Å². The fourth-order valence-electron chi connectivity index (χ4n) is 2.68. The first-order chi connectivity index (χ1) is 13.0. The molecule has 0 saturated carbocycles. The Morgan fingerprint density at radius 3 is 2.70 bits per heavy atom. The molecule has 2 N–H and O–H groups in total. The molecular weight excluding hydrogens is 350 g/mol. The Kier molecular flexibility index (Phi) is 5.28. The molecule has 0 aliphatic carbocycles. The maximum atomic E-state index is 11.5. The number of methoxy groups -OCH3 is 1. The Hall–Kier alpha value is -3.52. The maximum absolute atomic E-state index is 11.5. The smallest absolute Gasteiger partial charge is 0.339 e. The third-order valence-electron chi connectivity index (χ3n) is 4.11. The van der Waals surface area contributed by atoms with Crippen LogP contribution in [0.15, 0.2) is 54.7 Å². The van der Waals surface area contributed by atoms with Crippen LogP contribution < -0.4 is 5.32 Å². The topological polar surface area (TPSA) is 115 Å². The molecular formula is C19H17N3O5. The average Bonchev–Trinajstić information content (AvgIpc) is 2.70. The van der Waals surface area contributed by atoms with Crippen molar-refractivity contribution >= 4 is 28.2 Å². The van der Waals surface area contributed by atoms with Crippen LogP contribution in [0, 0.1) is 10.1 Å². The van der Waals surface area contributed by atoms with Gasteiger partial charge in [0.15, 0.2) is 0 Å². The van der Waals surface area contributed by atoms with Crippen LogP contribution in [0.4, 0.5) is 11.5 Å². The van der Waals surface area contributed by atoms with Crippen molar-refractivity contribution in [2.75, 3.05) is 19.0 Å². The predicted molar refractivity (Wildman–Crippen MR) is 99.6 cm³/mol. The van der Waals surface area contributed by atoms with Crippen LogP contribution >= 0.6 is 0 Å². The van der Waals surface area contributed by atoms with E-state index in [1.165, 1.54) is 13.3 Å². The number of aliphatic hydroxyl groups excluding tert-OH is 1. The second kappa shape index (κ2) is 7.79. The molecule has 0 spiro atoms. The van der Waals surface area contributed by atoms with Gasteiger partial charge < -0.3 is 15.2 Å². The van der Waals surface area contributed by atoms with Crippen molar-refractivity contribution in [3.8, 4) is 0 Å². The number of aromatic nitrogens is 1. The van der Waals surface area contributed by atoms with E-state index in [4.69, 9.17) is 0 Å². The molecule has 27 heavy (non-hydrogen) atoms. The summed E-state index contributed by atoms with van der Waals surface area (Å²) in [7, 11) is 1.18. The number of aliphatic hydroxyl groups is 1. The van der Waals surface area contributed by atoms with Crippen molar-refractivity contribution in [2.45, 2.75) is 6.10 Å². The van der Waals surface area contributed by atoms with Gasteiger partial charge in [-0.15, -0.1) is 0 Å². The molecule has 0 amide bonds. The number of esters is 1. The minimum Gasteiger partial charge on any atom is -0.465 e. The molecule has 1 unspecified atom stereocenters. The van der Waals surface area contributed by atoms with Gasteiger partial charge in [0.25, 0.3) is 0 Å². The number of hydrogen-bond donors (Lipinski definition) is 2. The molecule has 1 heterocycles. The summed E-state index contributed by atoms with van der Waals surface area (Å²) in [5.74, 6) is -0.749. The molecule has 2 aromatic carbocycles. The molecule has 3 aromatic rings. The summed E-state index contributed by atoms with van der Waals surface area (Å²) in [4.78, 5) is 26.0. The van der Waals surface area contributed by atoms with Crippen LogP contribution in [-0.2, 0) is 4.74 Å². The number of pyridine rings is 1. The van der Waals surface area contributed by atoms with Gasteiger partial charge >= 0.3 is 11.7 Å². The molecule has 0 bridgehead atoms. The van der Waals surface area contributed by atoms with E-state index in [0.717, 1.165) is 16.8 Å². The van der Waals surface area contributed by atoms with E-state index in [9.17, 15) is 20.0 Å². The summed E-state index contributed by atoms with van der Waals surface area (Å²) in [6, 6.07) is 14.4. The van der Waals surface area contributed by atoms with E-state index >= 15 is 0 Å². The second-order valence-electron chi connectivity index (χ2n) is 5.84. The van der Waals surface area contributed by atoms with Gasteiger partial charge in [-0.25, -0.2) is 9.78 Å². The van der Waals surface area contributed by atoms with Gasteiger partial charge in [0.2, 0.25) is 5.82 Å². The fourth-order valence-corrected chi connectivity index (χ4v) is 2.68. The largest absolute Gasteiger partial charge is 0.465 e. The predicted octanol–water partition coefficient (Wildman–Crippen LogP) is 3.08. The third-order valence-corrected chi connectivity index (χ3v) is 4.11. The van der Waals surface area contributed by atoms with E-state index in [-0.39, 0.29) is 23.6 Å². The van der Waals surface area contributed by atoms with Gasteiger partial charge in [-0.2, -0.15) is 0 Å². The van der Waals surface area contributed by atoms with E-state index in [1.54, 1.807) is 6.07 Å². The lowest BCUT2D eigenvalue weighted by molar-refractivity contribution is -0.384. The van der Waals surface area contributed by atoms with Crippen molar-refractivity contribution in [1.29, 1.82) is 0 Å². The summed E-state index contributed by atoms with van der Waals surface area (Å²) in [6.07, 6.45) is 0.292. The Balaban J connectivity index is 1.78. The summed E-state index contributed by atoms with van der Waals surface area (Å²) in [6.45, 7) is 0.0176. The van der Waals surface area contributed by atoms with Crippen LogP contribution in [-0.4, -0.2) is 34.6 Å². The molecule has 8 heteroatoms. The normalized spacial score (nSPS) is 11.8. The molecule has 8 nitrogen and oxygen atoms in total. The van der Waals surface area contributed by atoms with Crippen LogP contribution in [0.3, 0.4) is 0 Å². The van der Waals surface area contributed by atoms with Gasteiger partial charge in [-0.3, -0.25) is 10.1 Å². The highest BCUT2D eigenvalue weighted by atomic mass is 16.6. The number of carbonyl (C=O) groups excluding carboxylic acids is 1. The van der Waals surface area contributed by atoms with Gasteiger partial charge in [-0.1, -0.05) is 36.4 Å². The molecule has 0 fully saturated rings. The van der Waals surface area contributed by atoms with Crippen molar-refractivity contribution in [3.63, 3.8) is 0 Å². The number of anilines is 1. The highest BCUT2D eigenvalue weighted by Gasteiger charge is 2.20. The maximum Gasteiger partial charge on any atom is 0.339 e. The Morgan fingerprint density at radius 2 is 2.00 bits per heavy atom. The zero-order valence-electron chi connectivity index (χ0n) is 14.5. The quantitative estimate of drug-likeness (QED) is 0.391. The first-order valence-electron chi connectivity index (χ1n) is 8.13. The standard InChI is InChI=1S/C19H17N3O5/c1-27-19(24)15-9-16(22(25)26)18(20-10-15)21-11-17(23)14-7-6-12-4-2-3-5-13(12)8-14/h2-10,17,23H,11H2,1H3,(H,20,21). The zero-order chi connectivity index (χ0) is 19.4. The lowest BCUT2D eigenvalue weighted by atomic mass is 10.0.